The van der Waals surface area contributed by atoms with Crippen LogP contribution in [0.1, 0.15) is 46.5 Å². The number of nitrogens with one attached hydrogen (secondary N) is 1. The van der Waals surface area contributed by atoms with Crippen molar-refractivity contribution in [1.82, 2.24) is 10.2 Å². The Kier molecular flexibility index (Phi) is 5.79. The van der Waals surface area contributed by atoms with Gasteiger partial charge in [-0.1, -0.05) is 33.6 Å². The summed E-state index contributed by atoms with van der Waals surface area (Å²) < 4.78 is 0. The monoisotopic (exact) mass is 298 g/mol. The highest BCUT2D eigenvalue weighted by Crippen LogP contribution is 2.33. The fourth-order valence-electron chi connectivity index (χ4n) is 3.68. The minimum absolute atomic E-state index is 0.0297. The van der Waals surface area contributed by atoms with Crippen LogP contribution in [0.4, 0.5) is 0 Å². The molecule has 2 fully saturated rings. The van der Waals surface area contributed by atoms with Gasteiger partial charge in [-0.25, -0.2) is 0 Å². The first-order chi connectivity index (χ1) is 9.54. The molecular weight excluding hydrogens is 268 g/mol. The average molecular weight is 298 g/mol. The van der Waals surface area contributed by atoms with Crippen molar-refractivity contribution in [3.05, 3.63) is 0 Å². The van der Waals surface area contributed by atoms with Crippen LogP contribution in [0.3, 0.4) is 0 Å². The van der Waals surface area contributed by atoms with Crippen molar-refractivity contribution in [2.45, 2.75) is 58.7 Å². The van der Waals surface area contributed by atoms with Gasteiger partial charge in [-0.3, -0.25) is 10.1 Å². The molecule has 0 aromatic rings. The molecule has 1 N–H and O–H groups in total. The molecule has 3 nitrogen and oxygen atoms in total. The molecule has 4 heteroatoms. The first kappa shape index (κ1) is 16.2. The van der Waals surface area contributed by atoms with Gasteiger partial charge < -0.3 is 4.90 Å². The summed E-state index contributed by atoms with van der Waals surface area (Å²) in [5, 5.41) is 3.65. The summed E-state index contributed by atoms with van der Waals surface area (Å²) >= 11 is 1.88. The Labute approximate surface area is 128 Å². The maximum absolute atomic E-state index is 12.7. The van der Waals surface area contributed by atoms with Crippen LogP contribution in [-0.2, 0) is 4.79 Å². The molecule has 3 atom stereocenters. The quantitative estimate of drug-likeness (QED) is 0.818. The highest BCUT2D eigenvalue weighted by Gasteiger charge is 2.44. The van der Waals surface area contributed by atoms with E-state index in [-0.39, 0.29) is 6.04 Å². The van der Waals surface area contributed by atoms with Gasteiger partial charge in [0.25, 0.3) is 0 Å². The largest absolute Gasteiger partial charge is 0.325 e. The molecular formula is C16H30N2OS. The van der Waals surface area contributed by atoms with Gasteiger partial charge in [0.1, 0.15) is 0 Å². The molecule has 3 unspecified atom stereocenters. The van der Waals surface area contributed by atoms with E-state index in [1.54, 1.807) is 0 Å². The lowest BCUT2D eigenvalue weighted by Crippen LogP contribution is -2.44. The van der Waals surface area contributed by atoms with E-state index in [1.165, 1.54) is 25.7 Å². The van der Waals surface area contributed by atoms with Gasteiger partial charge >= 0.3 is 0 Å². The van der Waals surface area contributed by atoms with Crippen molar-refractivity contribution in [1.29, 1.82) is 0 Å². The van der Waals surface area contributed by atoms with Crippen LogP contribution in [0.2, 0.25) is 0 Å². The fraction of sp³-hybridized carbons (Fsp3) is 0.938. The summed E-state index contributed by atoms with van der Waals surface area (Å²) in [5.74, 6) is 3.10. The summed E-state index contributed by atoms with van der Waals surface area (Å²) in [6.07, 6.45) is 7.66. The summed E-state index contributed by atoms with van der Waals surface area (Å²) in [6, 6.07) is 0.0297. The van der Waals surface area contributed by atoms with E-state index in [2.05, 4.69) is 37.2 Å². The molecule has 0 radical (unpaired) electrons. The number of carbonyl (C=O) groups excluding carboxylic acids is 1. The standard InChI is InChI=1S/C16H30N2OS/c1-11(2)14-16(19)18(9-12(3)10-20-4)15(17-14)13-7-5-6-8-13/h11-15,17H,5-10H2,1-4H3. The topological polar surface area (TPSA) is 32.3 Å². The van der Waals surface area contributed by atoms with Gasteiger partial charge in [0.2, 0.25) is 5.91 Å². The zero-order valence-corrected chi connectivity index (χ0v) is 14.2. The van der Waals surface area contributed by atoms with Crippen LogP contribution >= 0.6 is 11.8 Å². The van der Waals surface area contributed by atoms with E-state index in [0.29, 0.717) is 29.8 Å². The zero-order valence-electron chi connectivity index (χ0n) is 13.4. The van der Waals surface area contributed by atoms with E-state index in [1.807, 2.05) is 11.8 Å². The maximum Gasteiger partial charge on any atom is 0.241 e. The Balaban J connectivity index is 2.07. The molecule has 0 bridgehead atoms. The van der Waals surface area contributed by atoms with Crippen molar-refractivity contribution < 1.29 is 4.79 Å². The number of nitrogens with zero attached hydrogens (tertiary/aromatic N) is 1. The van der Waals surface area contributed by atoms with E-state index >= 15 is 0 Å². The fourth-order valence-corrected chi connectivity index (χ4v) is 4.35. The number of carbonyl (C=O) groups is 1. The van der Waals surface area contributed by atoms with E-state index in [0.717, 1.165) is 12.3 Å². The lowest BCUT2D eigenvalue weighted by Gasteiger charge is -2.31. The van der Waals surface area contributed by atoms with Crippen molar-refractivity contribution >= 4 is 17.7 Å². The molecule has 0 aromatic carbocycles. The van der Waals surface area contributed by atoms with E-state index in [4.69, 9.17) is 0 Å². The molecule has 1 saturated carbocycles. The van der Waals surface area contributed by atoms with Crippen LogP contribution in [-0.4, -0.2) is 41.6 Å². The van der Waals surface area contributed by atoms with Crippen LogP contribution in [0.25, 0.3) is 0 Å². The number of rotatable bonds is 6. The van der Waals surface area contributed by atoms with Crippen LogP contribution in [0.15, 0.2) is 0 Å². The molecule has 1 aliphatic carbocycles. The van der Waals surface area contributed by atoms with E-state index in [9.17, 15) is 4.79 Å². The minimum atomic E-state index is 0.0297. The summed E-state index contributed by atoms with van der Waals surface area (Å²) in [6.45, 7) is 7.47. The van der Waals surface area contributed by atoms with Gasteiger partial charge in [-0.15, -0.1) is 0 Å². The predicted octanol–water partition coefficient (Wildman–Crippen LogP) is 2.96. The molecule has 2 aliphatic rings. The number of hydrogen-bond acceptors (Lipinski definition) is 3. The lowest BCUT2D eigenvalue weighted by molar-refractivity contribution is -0.131. The predicted molar refractivity (Wildman–Crippen MR) is 86.8 cm³/mol. The van der Waals surface area contributed by atoms with Crippen molar-refractivity contribution in [3.8, 4) is 0 Å². The summed E-state index contributed by atoms with van der Waals surface area (Å²) in [7, 11) is 0. The van der Waals surface area contributed by atoms with Gasteiger partial charge in [-0.05, 0) is 42.6 Å². The lowest BCUT2D eigenvalue weighted by atomic mass is 10.0. The first-order valence-corrected chi connectivity index (χ1v) is 9.49. The third kappa shape index (κ3) is 3.51. The molecule has 1 heterocycles. The molecule has 0 spiro atoms. The summed E-state index contributed by atoms with van der Waals surface area (Å²) in [4.78, 5) is 14.9. The molecule has 2 rings (SSSR count). The van der Waals surface area contributed by atoms with Gasteiger partial charge in [-0.2, -0.15) is 11.8 Å². The van der Waals surface area contributed by atoms with Gasteiger partial charge in [0.05, 0.1) is 12.2 Å². The number of amides is 1. The molecule has 1 saturated heterocycles. The van der Waals surface area contributed by atoms with E-state index < -0.39 is 0 Å². The van der Waals surface area contributed by atoms with Crippen LogP contribution < -0.4 is 5.32 Å². The highest BCUT2D eigenvalue weighted by molar-refractivity contribution is 7.98. The molecule has 116 valence electrons. The molecule has 20 heavy (non-hydrogen) atoms. The Morgan fingerprint density at radius 2 is 1.95 bits per heavy atom. The SMILES string of the molecule is CSCC(C)CN1C(=O)C(C(C)C)NC1C1CCCC1. The van der Waals surface area contributed by atoms with Gasteiger partial charge in [0, 0.05) is 6.54 Å². The Morgan fingerprint density at radius 1 is 1.30 bits per heavy atom. The number of hydrogen-bond donors (Lipinski definition) is 1. The van der Waals surface area contributed by atoms with Gasteiger partial charge in [0.15, 0.2) is 0 Å². The second kappa shape index (κ2) is 7.17. The third-order valence-electron chi connectivity index (χ3n) is 4.71. The summed E-state index contributed by atoms with van der Waals surface area (Å²) in [5.41, 5.74) is 0. The first-order valence-electron chi connectivity index (χ1n) is 8.10. The van der Waals surface area contributed by atoms with Crippen molar-refractivity contribution in [2.24, 2.45) is 17.8 Å². The van der Waals surface area contributed by atoms with Crippen LogP contribution in [0, 0.1) is 17.8 Å². The Morgan fingerprint density at radius 3 is 2.50 bits per heavy atom. The maximum atomic E-state index is 12.7. The normalized spacial score (nSPS) is 29.6. The van der Waals surface area contributed by atoms with Crippen molar-refractivity contribution in [2.75, 3.05) is 18.6 Å². The van der Waals surface area contributed by atoms with Crippen LogP contribution in [0.5, 0.6) is 0 Å². The molecule has 1 aliphatic heterocycles. The third-order valence-corrected chi connectivity index (χ3v) is 5.61. The number of thioether (sulfide) groups is 1. The molecule has 1 amide bonds. The molecule has 0 aromatic heterocycles. The second-order valence-electron chi connectivity index (χ2n) is 6.93. The average Bonchev–Trinajstić information content (AvgIpc) is 2.99. The Hall–Kier alpha value is -0.220. The highest BCUT2D eigenvalue weighted by atomic mass is 32.2. The smallest absolute Gasteiger partial charge is 0.241 e. The zero-order chi connectivity index (χ0) is 14.7. The minimum Gasteiger partial charge on any atom is -0.325 e. The van der Waals surface area contributed by atoms with Crippen molar-refractivity contribution in [3.63, 3.8) is 0 Å². The Bertz CT molecular complexity index is 328. The second-order valence-corrected chi connectivity index (χ2v) is 7.84.